The number of para-hydroxylation sites is 1. The zero-order chi connectivity index (χ0) is 24.6. The maximum Gasteiger partial charge on any atom is 0.0791 e. The third kappa shape index (κ3) is 5.19. The van der Waals surface area contributed by atoms with Crippen molar-refractivity contribution < 1.29 is 0 Å². The SMILES string of the molecule is N#CCCc1cc(-c2ccccc2)nc(-c2ccccc2)c1-c1ccccc1NCc1ccccc1. The minimum atomic E-state index is 0.444. The zero-order valence-electron chi connectivity index (χ0n) is 20.1. The van der Waals surface area contributed by atoms with Gasteiger partial charge >= 0.3 is 0 Å². The van der Waals surface area contributed by atoms with Crippen LogP contribution >= 0.6 is 0 Å². The van der Waals surface area contributed by atoms with Crippen molar-refractivity contribution in [2.24, 2.45) is 0 Å². The van der Waals surface area contributed by atoms with Crippen LogP contribution in [-0.4, -0.2) is 4.98 Å². The van der Waals surface area contributed by atoms with E-state index in [-0.39, 0.29) is 0 Å². The van der Waals surface area contributed by atoms with Gasteiger partial charge in [-0.25, -0.2) is 4.98 Å². The lowest BCUT2D eigenvalue weighted by Gasteiger charge is -2.20. The molecule has 3 heteroatoms. The lowest BCUT2D eigenvalue weighted by atomic mass is 9.90. The van der Waals surface area contributed by atoms with Crippen LogP contribution in [0.1, 0.15) is 17.5 Å². The molecule has 0 aliphatic carbocycles. The van der Waals surface area contributed by atoms with Crippen LogP contribution in [0.2, 0.25) is 0 Å². The molecule has 5 aromatic rings. The fourth-order valence-corrected chi connectivity index (χ4v) is 4.50. The van der Waals surface area contributed by atoms with Gasteiger partial charge in [0.2, 0.25) is 0 Å². The van der Waals surface area contributed by atoms with Gasteiger partial charge in [-0.15, -0.1) is 0 Å². The maximum absolute atomic E-state index is 9.45. The summed E-state index contributed by atoms with van der Waals surface area (Å²) in [7, 11) is 0. The molecule has 0 bridgehead atoms. The predicted octanol–water partition coefficient (Wildman–Crippen LogP) is 8.15. The fraction of sp³-hybridized carbons (Fsp3) is 0.0909. The van der Waals surface area contributed by atoms with Gasteiger partial charge in [-0.3, -0.25) is 0 Å². The Kier molecular flexibility index (Phi) is 7.16. The molecule has 1 heterocycles. The van der Waals surface area contributed by atoms with Crippen molar-refractivity contribution >= 4 is 5.69 Å². The molecule has 0 radical (unpaired) electrons. The Morgan fingerprint density at radius 2 is 1.31 bits per heavy atom. The first kappa shape index (κ1) is 23.1. The van der Waals surface area contributed by atoms with Gasteiger partial charge in [-0.05, 0) is 29.7 Å². The van der Waals surface area contributed by atoms with Crippen LogP contribution in [0, 0.1) is 11.3 Å². The van der Waals surface area contributed by atoms with Crippen LogP contribution in [0.15, 0.2) is 121 Å². The molecule has 0 saturated heterocycles. The summed E-state index contributed by atoms with van der Waals surface area (Å²) in [5.74, 6) is 0. The average Bonchev–Trinajstić information content (AvgIpc) is 2.96. The van der Waals surface area contributed by atoms with E-state index in [1.165, 1.54) is 5.56 Å². The highest BCUT2D eigenvalue weighted by Crippen LogP contribution is 2.40. The average molecular weight is 466 g/mol. The van der Waals surface area contributed by atoms with Crippen LogP contribution in [0.25, 0.3) is 33.6 Å². The molecule has 4 aromatic carbocycles. The van der Waals surface area contributed by atoms with Crippen molar-refractivity contribution in [3.05, 3.63) is 132 Å². The van der Waals surface area contributed by atoms with E-state index >= 15 is 0 Å². The zero-order valence-corrected chi connectivity index (χ0v) is 20.1. The molecule has 1 N–H and O–H groups in total. The topological polar surface area (TPSA) is 48.7 Å². The normalized spacial score (nSPS) is 10.5. The number of rotatable bonds is 8. The summed E-state index contributed by atoms with van der Waals surface area (Å²) in [6.07, 6.45) is 1.10. The van der Waals surface area contributed by atoms with Gasteiger partial charge in [-0.1, -0.05) is 109 Å². The van der Waals surface area contributed by atoms with Gasteiger partial charge < -0.3 is 5.32 Å². The molecule has 36 heavy (non-hydrogen) atoms. The van der Waals surface area contributed by atoms with E-state index < -0.39 is 0 Å². The highest BCUT2D eigenvalue weighted by Gasteiger charge is 2.19. The molecule has 0 aliphatic heterocycles. The number of aryl methyl sites for hydroxylation is 1. The van der Waals surface area contributed by atoms with Crippen molar-refractivity contribution in [2.75, 3.05) is 5.32 Å². The lowest BCUT2D eigenvalue weighted by molar-refractivity contribution is 1.01. The molecule has 1 aromatic heterocycles. The molecule has 0 aliphatic rings. The fourth-order valence-electron chi connectivity index (χ4n) is 4.50. The molecule has 0 atom stereocenters. The van der Waals surface area contributed by atoms with Crippen LogP contribution in [0.4, 0.5) is 5.69 Å². The Morgan fingerprint density at radius 3 is 2.00 bits per heavy atom. The predicted molar refractivity (Wildman–Crippen MR) is 148 cm³/mol. The lowest BCUT2D eigenvalue weighted by Crippen LogP contribution is -2.04. The van der Waals surface area contributed by atoms with Gasteiger partial charge in [0, 0.05) is 40.9 Å². The van der Waals surface area contributed by atoms with Gasteiger partial charge in [0.1, 0.15) is 0 Å². The third-order valence-electron chi connectivity index (χ3n) is 6.25. The summed E-state index contributed by atoms with van der Waals surface area (Å²) < 4.78 is 0. The number of nitriles is 1. The second-order valence-electron chi connectivity index (χ2n) is 8.67. The summed E-state index contributed by atoms with van der Waals surface area (Å²) in [5.41, 5.74) is 9.53. The summed E-state index contributed by atoms with van der Waals surface area (Å²) in [5, 5.41) is 13.1. The molecule has 0 fully saturated rings. The Bertz CT molecular complexity index is 1470. The molecular weight excluding hydrogens is 438 g/mol. The summed E-state index contributed by atoms with van der Waals surface area (Å²) in [6, 6.07) is 43.9. The number of aromatic nitrogens is 1. The monoisotopic (exact) mass is 465 g/mol. The number of nitrogens with one attached hydrogen (secondary N) is 1. The Morgan fingerprint density at radius 1 is 0.694 bits per heavy atom. The van der Waals surface area contributed by atoms with E-state index in [9.17, 15) is 5.26 Å². The summed E-state index contributed by atoms with van der Waals surface area (Å²) in [4.78, 5) is 5.21. The van der Waals surface area contributed by atoms with Gasteiger partial charge in [0.05, 0.1) is 17.5 Å². The molecule has 174 valence electrons. The van der Waals surface area contributed by atoms with E-state index in [1.807, 2.05) is 42.5 Å². The second-order valence-corrected chi connectivity index (χ2v) is 8.67. The van der Waals surface area contributed by atoms with Crippen LogP contribution in [0.5, 0.6) is 0 Å². The molecule has 3 nitrogen and oxygen atoms in total. The van der Waals surface area contributed by atoms with Crippen molar-refractivity contribution in [3.8, 4) is 39.7 Å². The molecule has 0 unspecified atom stereocenters. The maximum atomic E-state index is 9.45. The quantitative estimate of drug-likeness (QED) is 0.251. The second kappa shape index (κ2) is 11.2. The molecule has 0 amide bonds. The summed E-state index contributed by atoms with van der Waals surface area (Å²) in [6.45, 7) is 0.724. The van der Waals surface area contributed by atoms with Gasteiger partial charge in [-0.2, -0.15) is 5.26 Å². The van der Waals surface area contributed by atoms with Gasteiger partial charge in [0.15, 0.2) is 0 Å². The molecule has 0 saturated carbocycles. The van der Waals surface area contributed by atoms with E-state index in [1.54, 1.807) is 0 Å². The number of hydrogen-bond donors (Lipinski definition) is 1. The Balaban J connectivity index is 1.69. The minimum Gasteiger partial charge on any atom is -0.380 e. The minimum absolute atomic E-state index is 0.444. The Labute approximate surface area is 212 Å². The van der Waals surface area contributed by atoms with Crippen molar-refractivity contribution in [3.63, 3.8) is 0 Å². The highest BCUT2D eigenvalue weighted by molar-refractivity contribution is 5.91. The third-order valence-corrected chi connectivity index (χ3v) is 6.25. The first-order valence-electron chi connectivity index (χ1n) is 12.2. The molecule has 0 spiro atoms. The number of anilines is 1. The van der Waals surface area contributed by atoms with E-state index in [2.05, 4.69) is 90.2 Å². The molecular formula is C33H27N3. The van der Waals surface area contributed by atoms with Crippen LogP contribution in [-0.2, 0) is 13.0 Å². The van der Waals surface area contributed by atoms with Crippen LogP contribution in [0.3, 0.4) is 0 Å². The number of nitrogens with zero attached hydrogens (tertiary/aromatic N) is 2. The van der Waals surface area contributed by atoms with E-state index in [0.29, 0.717) is 12.8 Å². The van der Waals surface area contributed by atoms with E-state index in [0.717, 1.165) is 51.4 Å². The first-order valence-corrected chi connectivity index (χ1v) is 12.2. The number of benzene rings is 4. The van der Waals surface area contributed by atoms with Crippen molar-refractivity contribution in [1.82, 2.24) is 4.98 Å². The molecule has 5 rings (SSSR count). The first-order chi connectivity index (χ1) is 17.8. The smallest absolute Gasteiger partial charge is 0.0791 e. The van der Waals surface area contributed by atoms with E-state index in [4.69, 9.17) is 4.98 Å². The highest BCUT2D eigenvalue weighted by atomic mass is 14.9. The largest absolute Gasteiger partial charge is 0.380 e. The standard InChI is InChI=1S/C33H27N3/c34-22-12-19-28-23-31(26-15-6-2-7-16-26)36-33(27-17-8-3-9-18-27)32(28)29-20-10-11-21-30(29)35-24-25-13-4-1-5-14-25/h1-11,13-18,20-21,23,35H,12,19,24H2. The van der Waals surface area contributed by atoms with Crippen molar-refractivity contribution in [2.45, 2.75) is 19.4 Å². The van der Waals surface area contributed by atoms with Gasteiger partial charge in [0.25, 0.3) is 0 Å². The number of hydrogen-bond acceptors (Lipinski definition) is 3. The van der Waals surface area contributed by atoms with Crippen molar-refractivity contribution in [1.29, 1.82) is 5.26 Å². The summed E-state index contributed by atoms with van der Waals surface area (Å²) >= 11 is 0. The van der Waals surface area contributed by atoms with Crippen LogP contribution < -0.4 is 5.32 Å². The number of pyridine rings is 1. The Hall–Kier alpha value is -4.68.